The van der Waals surface area contributed by atoms with Gasteiger partial charge in [-0.2, -0.15) is 0 Å². The molecule has 1 heterocycles. The first-order valence-corrected chi connectivity index (χ1v) is 7.14. The fraction of sp³-hybridized carbons (Fsp3) is 0. The van der Waals surface area contributed by atoms with Gasteiger partial charge in [0.1, 0.15) is 16.1 Å². The van der Waals surface area contributed by atoms with Crippen LogP contribution < -0.4 is 4.74 Å². The van der Waals surface area contributed by atoms with Crippen LogP contribution in [0, 0.1) is 0 Å². The third kappa shape index (κ3) is 2.60. The van der Waals surface area contributed by atoms with E-state index in [-0.39, 0.29) is 5.75 Å². The largest absolute Gasteiger partial charge is 0.505 e. The third-order valence-corrected chi connectivity index (χ3v) is 3.69. The molecule has 110 valence electrons. The first-order valence-electron chi connectivity index (χ1n) is 6.34. The van der Waals surface area contributed by atoms with Crippen molar-refractivity contribution in [1.29, 1.82) is 0 Å². The molecule has 0 atom stereocenters. The summed E-state index contributed by atoms with van der Waals surface area (Å²) in [5.41, 5.74) is -0.392. The Bertz CT molecular complexity index is 865. The van der Waals surface area contributed by atoms with E-state index in [2.05, 4.69) is 20.9 Å². The van der Waals surface area contributed by atoms with Gasteiger partial charge in [-0.15, -0.1) is 0 Å². The average Bonchev–Trinajstić information content (AvgIpc) is 2.51. The van der Waals surface area contributed by atoms with Gasteiger partial charge in [-0.25, -0.2) is 9.78 Å². The van der Waals surface area contributed by atoms with Crippen molar-refractivity contribution < 1.29 is 19.7 Å². The molecule has 0 aliphatic carbocycles. The maximum Gasteiger partial charge on any atom is 0.358 e. The van der Waals surface area contributed by atoms with E-state index in [0.717, 1.165) is 0 Å². The number of carboxylic acids is 1. The van der Waals surface area contributed by atoms with Crippen molar-refractivity contribution in [2.75, 3.05) is 0 Å². The zero-order chi connectivity index (χ0) is 15.7. The molecule has 0 fully saturated rings. The predicted octanol–water partition coefficient (Wildman–Crippen LogP) is 4.19. The molecule has 5 nitrogen and oxygen atoms in total. The predicted molar refractivity (Wildman–Crippen MR) is 84.6 cm³/mol. The van der Waals surface area contributed by atoms with Gasteiger partial charge in [0.05, 0.1) is 0 Å². The monoisotopic (exact) mass is 359 g/mol. The highest BCUT2D eigenvalue weighted by Crippen LogP contribution is 2.35. The van der Waals surface area contributed by atoms with Crippen LogP contribution in [0.25, 0.3) is 10.8 Å². The molecular formula is C16H10BrNO4. The minimum absolute atomic E-state index is 0.330. The molecule has 0 amide bonds. The van der Waals surface area contributed by atoms with E-state index in [9.17, 15) is 9.90 Å². The van der Waals surface area contributed by atoms with Crippen molar-refractivity contribution in [3.8, 4) is 17.2 Å². The molecule has 0 unspecified atom stereocenters. The average molecular weight is 360 g/mol. The fourth-order valence-corrected chi connectivity index (χ4v) is 2.58. The number of aromatic hydroxyl groups is 1. The lowest BCUT2D eigenvalue weighted by Gasteiger charge is -2.09. The Morgan fingerprint density at radius 3 is 2.45 bits per heavy atom. The Kier molecular flexibility index (Phi) is 3.68. The van der Waals surface area contributed by atoms with Crippen LogP contribution in [0.4, 0.5) is 0 Å². The molecule has 0 aliphatic heterocycles. The van der Waals surface area contributed by atoms with Crippen LogP contribution in [0.5, 0.6) is 17.2 Å². The Hall–Kier alpha value is -2.60. The molecule has 6 heteroatoms. The zero-order valence-electron chi connectivity index (χ0n) is 11.2. The highest BCUT2D eigenvalue weighted by molar-refractivity contribution is 9.10. The normalized spacial score (nSPS) is 10.6. The zero-order valence-corrected chi connectivity index (χ0v) is 12.7. The fourth-order valence-electron chi connectivity index (χ4n) is 2.08. The maximum absolute atomic E-state index is 11.1. The highest BCUT2D eigenvalue weighted by Gasteiger charge is 2.17. The van der Waals surface area contributed by atoms with Crippen LogP contribution in [0.1, 0.15) is 10.5 Å². The molecule has 0 saturated heterocycles. The topological polar surface area (TPSA) is 79.7 Å². The van der Waals surface area contributed by atoms with Crippen LogP contribution in [0.2, 0.25) is 0 Å². The molecule has 0 bridgehead atoms. The summed E-state index contributed by atoms with van der Waals surface area (Å²) in [6, 6.07) is 14.2. The van der Waals surface area contributed by atoms with E-state index in [0.29, 0.717) is 26.9 Å². The van der Waals surface area contributed by atoms with E-state index < -0.39 is 11.7 Å². The van der Waals surface area contributed by atoms with Crippen molar-refractivity contribution in [3.05, 3.63) is 58.8 Å². The van der Waals surface area contributed by atoms with Gasteiger partial charge in [0.15, 0.2) is 11.4 Å². The second-order valence-corrected chi connectivity index (χ2v) is 5.28. The molecule has 2 N–H and O–H groups in total. The first kappa shape index (κ1) is 14.3. The first-order chi connectivity index (χ1) is 10.6. The van der Waals surface area contributed by atoms with E-state index in [4.69, 9.17) is 9.84 Å². The summed E-state index contributed by atoms with van der Waals surface area (Å²) < 4.78 is 6.04. The molecular weight excluding hydrogens is 350 g/mol. The second-order valence-electron chi connectivity index (χ2n) is 4.53. The summed E-state index contributed by atoms with van der Waals surface area (Å²) in [6.07, 6.45) is 0. The molecule has 0 radical (unpaired) electrons. The number of carboxylic acid groups (broad SMARTS) is 1. The number of ether oxygens (including phenoxy) is 1. The lowest BCUT2D eigenvalue weighted by atomic mass is 10.1. The number of nitrogens with zero attached hydrogens (tertiary/aromatic N) is 1. The summed E-state index contributed by atoms with van der Waals surface area (Å²) in [5.74, 6) is -0.414. The summed E-state index contributed by atoms with van der Waals surface area (Å²) in [5, 5.41) is 20.0. The van der Waals surface area contributed by atoms with Gasteiger partial charge in [0.2, 0.25) is 0 Å². The molecule has 22 heavy (non-hydrogen) atoms. The molecule has 0 aliphatic rings. The van der Waals surface area contributed by atoms with Crippen LogP contribution in [-0.2, 0) is 0 Å². The van der Waals surface area contributed by atoms with Crippen molar-refractivity contribution in [3.63, 3.8) is 0 Å². The Morgan fingerprint density at radius 2 is 1.77 bits per heavy atom. The number of pyridine rings is 1. The minimum atomic E-state index is -1.29. The number of aromatic carboxylic acids is 1. The number of benzene rings is 2. The van der Waals surface area contributed by atoms with E-state index >= 15 is 0 Å². The minimum Gasteiger partial charge on any atom is -0.505 e. The summed E-state index contributed by atoms with van der Waals surface area (Å²) in [4.78, 5) is 14.9. The number of para-hydroxylation sites is 1. The van der Waals surface area contributed by atoms with Gasteiger partial charge >= 0.3 is 5.97 Å². The number of hydrogen-bond acceptors (Lipinski definition) is 4. The van der Waals surface area contributed by atoms with Gasteiger partial charge in [-0.05, 0) is 46.3 Å². The van der Waals surface area contributed by atoms with E-state index in [1.54, 1.807) is 18.2 Å². The van der Waals surface area contributed by atoms with Crippen molar-refractivity contribution in [1.82, 2.24) is 4.98 Å². The highest BCUT2D eigenvalue weighted by atomic mass is 79.9. The van der Waals surface area contributed by atoms with E-state index in [1.165, 1.54) is 0 Å². The maximum atomic E-state index is 11.1. The van der Waals surface area contributed by atoms with Gasteiger partial charge in [-0.3, -0.25) is 0 Å². The molecule has 1 aromatic heterocycles. The van der Waals surface area contributed by atoms with Crippen LogP contribution in [0.3, 0.4) is 0 Å². The summed E-state index contributed by atoms with van der Waals surface area (Å²) >= 11 is 3.23. The number of hydrogen-bond donors (Lipinski definition) is 2. The van der Waals surface area contributed by atoms with Crippen LogP contribution in [0.15, 0.2) is 53.1 Å². The number of halogens is 1. The lowest BCUT2D eigenvalue weighted by Crippen LogP contribution is -2.01. The van der Waals surface area contributed by atoms with Crippen LogP contribution >= 0.6 is 15.9 Å². The van der Waals surface area contributed by atoms with Gasteiger partial charge < -0.3 is 14.9 Å². The SMILES string of the molecule is O=C(O)c1nc(Br)c2cc(Oc3ccccc3)ccc2c1O. The molecule has 3 rings (SSSR count). The quantitative estimate of drug-likeness (QED) is 0.685. The van der Waals surface area contributed by atoms with Gasteiger partial charge in [-0.1, -0.05) is 18.2 Å². The van der Waals surface area contributed by atoms with Crippen molar-refractivity contribution >= 4 is 32.7 Å². The standard InChI is InChI=1S/C16H10BrNO4/c17-15-12-8-10(22-9-4-2-1-3-5-9)6-7-11(12)14(19)13(18-15)16(20)21/h1-8,19H,(H,20,21). The Labute approximate surface area is 133 Å². The number of fused-ring (bicyclic) bond motifs is 1. The lowest BCUT2D eigenvalue weighted by molar-refractivity contribution is 0.0687. The molecule has 0 saturated carbocycles. The van der Waals surface area contributed by atoms with Gasteiger partial charge in [0, 0.05) is 10.8 Å². The Morgan fingerprint density at radius 1 is 1.05 bits per heavy atom. The van der Waals surface area contributed by atoms with Gasteiger partial charge in [0.25, 0.3) is 0 Å². The van der Waals surface area contributed by atoms with Crippen LogP contribution in [-0.4, -0.2) is 21.2 Å². The van der Waals surface area contributed by atoms with E-state index in [1.807, 2.05) is 30.3 Å². The number of carbonyl (C=O) groups is 1. The number of rotatable bonds is 3. The number of aromatic nitrogens is 1. The summed E-state index contributed by atoms with van der Waals surface area (Å²) in [6.45, 7) is 0. The summed E-state index contributed by atoms with van der Waals surface area (Å²) in [7, 11) is 0. The third-order valence-electron chi connectivity index (χ3n) is 3.08. The van der Waals surface area contributed by atoms with Crippen molar-refractivity contribution in [2.45, 2.75) is 0 Å². The Balaban J connectivity index is 2.09. The molecule has 0 spiro atoms. The molecule has 3 aromatic rings. The van der Waals surface area contributed by atoms with Crippen molar-refractivity contribution in [2.24, 2.45) is 0 Å². The second kappa shape index (κ2) is 5.65. The molecule has 2 aromatic carbocycles. The smallest absolute Gasteiger partial charge is 0.358 e.